The maximum Gasteiger partial charge on any atom is 0.255 e. The summed E-state index contributed by atoms with van der Waals surface area (Å²) in [4.78, 5) is 11.8. The van der Waals surface area contributed by atoms with E-state index in [9.17, 15) is 9.90 Å². The van der Waals surface area contributed by atoms with Gasteiger partial charge in [0.15, 0.2) is 0 Å². The minimum Gasteiger partial charge on any atom is -0.507 e. The van der Waals surface area contributed by atoms with Crippen LogP contribution in [0.4, 0.5) is 0 Å². The number of phenols is 1. The summed E-state index contributed by atoms with van der Waals surface area (Å²) in [6.07, 6.45) is 3.12. The number of halogens is 1. The average molecular weight is 256 g/mol. The van der Waals surface area contributed by atoms with E-state index in [0.29, 0.717) is 5.02 Å². The third-order valence-electron chi connectivity index (χ3n) is 2.57. The maximum atomic E-state index is 11.8. The molecule has 0 aliphatic carbocycles. The normalized spacial score (nSPS) is 12.2. The Hall–Kier alpha value is -1.22. The highest BCUT2D eigenvalue weighted by Crippen LogP contribution is 2.21. The van der Waals surface area contributed by atoms with Crippen LogP contribution < -0.4 is 5.32 Å². The Morgan fingerprint density at radius 3 is 2.82 bits per heavy atom. The summed E-state index contributed by atoms with van der Waals surface area (Å²) < 4.78 is 0. The molecular weight excluding hydrogens is 238 g/mol. The predicted molar refractivity (Wildman–Crippen MR) is 69.6 cm³/mol. The topological polar surface area (TPSA) is 49.3 Å². The molecule has 1 atom stereocenters. The Morgan fingerprint density at radius 1 is 1.53 bits per heavy atom. The number of hydrogen-bond acceptors (Lipinski definition) is 2. The van der Waals surface area contributed by atoms with Crippen LogP contribution in [0.5, 0.6) is 5.75 Å². The predicted octanol–water partition coefficient (Wildman–Crippen LogP) is 3.35. The van der Waals surface area contributed by atoms with Gasteiger partial charge in [-0.3, -0.25) is 4.79 Å². The van der Waals surface area contributed by atoms with Crippen LogP contribution in [0.2, 0.25) is 5.02 Å². The number of nitrogens with one attached hydrogen (secondary N) is 1. The molecule has 1 amide bonds. The molecule has 1 rings (SSSR count). The van der Waals surface area contributed by atoms with Crippen molar-refractivity contribution in [3.63, 3.8) is 0 Å². The lowest BCUT2D eigenvalue weighted by molar-refractivity contribution is 0.0935. The molecule has 1 unspecified atom stereocenters. The number of aromatic hydroxyl groups is 1. The minimum absolute atomic E-state index is 0.0855. The number of rotatable bonds is 5. The van der Waals surface area contributed by atoms with Crippen molar-refractivity contribution < 1.29 is 9.90 Å². The molecule has 0 aromatic heterocycles. The zero-order chi connectivity index (χ0) is 12.8. The molecule has 0 aliphatic heterocycles. The van der Waals surface area contributed by atoms with Gasteiger partial charge in [0.05, 0.1) is 5.56 Å². The molecule has 0 radical (unpaired) electrons. The number of phenolic OH excluding ortho intramolecular Hbond substituents is 1. The highest BCUT2D eigenvalue weighted by atomic mass is 35.5. The lowest BCUT2D eigenvalue weighted by atomic mass is 10.1. The molecule has 2 N–H and O–H groups in total. The Bertz CT molecular complexity index is 393. The van der Waals surface area contributed by atoms with Crippen LogP contribution in [-0.2, 0) is 0 Å². The first-order chi connectivity index (χ1) is 8.04. The lowest BCUT2D eigenvalue weighted by Gasteiger charge is -2.14. The summed E-state index contributed by atoms with van der Waals surface area (Å²) in [5.74, 6) is -0.347. The average Bonchev–Trinajstić information content (AvgIpc) is 2.26. The molecule has 3 nitrogen and oxygen atoms in total. The molecule has 0 aliphatic rings. The molecule has 0 fully saturated rings. The molecule has 1 aromatic carbocycles. The van der Waals surface area contributed by atoms with Crippen molar-refractivity contribution >= 4 is 17.5 Å². The molecule has 4 heteroatoms. The van der Waals surface area contributed by atoms with Gasteiger partial charge in [0.25, 0.3) is 5.91 Å². The van der Waals surface area contributed by atoms with Crippen molar-refractivity contribution in [2.45, 2.75) is 39.2 Å². The van der Waals surface area contributed by atoms with Gasteiger partial charge in [-0.1, -0.05) is 31.4 Å². The van der Waals surface area contributed by atoms with Crippen molar-refractivity contribution in [2.24, 2.45) is 0 Å². The Morgan fingerprint density at radius 2 is 2.24 bits per heavy atom. The standard InChI is InChI=1S/C13H18ClNO2/c1-3-4-5-9(2)15-13(17)11-7-6-10(14)8-12(11)16/h6-9,16H,3-5H2,1-2H3,(H,15,17). The maximum absolute atomic E-state index is 11.8. The van der Waals surface area contributed by atoms with Gasteiger partial charge in [-0.15, -0.1) is 0 Å². The van der Waals surface area contributed by atoms with E-state index in [4.69, 9.17) is 11.6 Å². The van der Waals surface area contributed by atoms with Crippen LogP contribution in [-0.4, -0.2) is 17.1 Å². The fourth-order valence-corrected chi connectivity index (χ4v) is 1.75. The van der Waals surface area contributed by atoms with Crippen molar-refractivity contribution in [1.29, 1.82) is 0 Å². The zero-order valence-electron chi connectivity index (χ0n) is 10.2. The third kappa shape index (κ3) is 4.27. The van der Waals surface area contributed by atoms with Gasteiger partial charge in [0.1, 0.15) is 5.75 Å². The van der Waals surface area contributed by atoms with Gasteiger partial charge in [-0.05, 0) is 31.5 Å². The van der Waals surface area contributed by atoms with E-state index >= 15 is 0 Å². The molecule has 0 heterocycles. The van der Waals surface area contributed by atoms with Gasteiger partial charge in [-0.25, -0.2) is 0 Å². The van der Waals surface area contributed by atoms with Crippen LogP contribution in [0, 0.1) is 0 Å². The second-order valence-electron chi connectivity index (χ2n) is 4.18. The lowest BCUT2D eigenvalue weighted by Crippen LogP contribution is -2.32. The molecule has 1 aromatic rings. The summed E-state index contributed by atoms with van der Waals surface area (Å²) in [6, 6.07) is 4.59. The molecule has 17 heavy (non-hydrogen) atoms. The SMILES string of the molecule is CCCCC(C)NC(=O)c1ccc(Cl)cc1O. The van der Waals surface area contributed by atoms with Crippen molar-refractivity contribution in [2.75, 3.05) is 0 Å². The molecular formula is C13H18ClNO2. The Balaban J connectivity index is 2.63. The number of carbonyl (C=O) groups excluding carboxylic acids is 1. The first kappa shape index (κ1) is 13.8. The van der Waals surface area contributed by atoms with Crippen molar-refractivity contribution in [3.05, 3.63) is 28.8 Å². The van der Waals surface area contributed by atoms with Gasteiger partial charge in [0.2, 0.25) is 0 Å². The second kappa shape index (κ2) is 6.50. The monoisotopic (exact) mass is 255 g/mol. The van der Waals surface area contributed by atoms with Crippen LogP contribution in [0.25, 0.3) is 0 Å². The largest absolute Gasteiger partial charge is 0.507 e. The molecule has 0 spiro atoms. The van der Waals surface area contributed by atoms with Crippen LogP contribution >= 0.6 is 11.6 Å². The molecule has 94 valence electrons. The minimum atomic E-state index is -0.261. The number of carbonyl (C=O) groups is 1. The fraction of sp³-hybridized carbons (Fsp3) is 0.462. The van der Waals surface area contributed by atoms with Crippen molar-refractivity contribution in [1.82, 2.24) is 5.32 Å². The van der Waals surface area contributed by atoms with E-state index in [0.717, 1.165) is 19.3 Å². The van der Waals surface area contributed by atoms with Gasteiger partial charge < -0.3 is 10.4 Å². The summed E-state index contributed by atoms with van der Waals surface area (Å²) in [7, 11) is 0. The Labute approximate surface area is 107 Å². The summed E-state index contributed by atoms with van der Waals surface area (Å²) in [5, 5.41) is 12.9. The van der Waals surface area contributed by atoms with E-state index in [2.05, 4.69) is 12.2 Å². The van der Waals surface area contributed by atoms with Crippen LogP contribution in [0.3, 0.4) is 0 Å². The summed E-state index contributed by atoms with van der Waals surface area (Å²) in [6.45, 7) is 4.07. The molecule has 0 saturated heterocycles. The van der Waals surface area contributed by atoms with E-state index in [1.54, 1.807) is 6.07 Å². The quantitative estimate of drug-likeness (QED) is 0.848. The van der Waals surface area contributed by atoms with Gasteiger partial charge in [0, 0.05) is 11.1 Å². The van der Waals surface area contributed by atoms with E-state index < -0.39 is 0 Å². The van der Waals surface area contributed by atoms with E-state index in [-0.39, 0.29) is 23.3 Å². The third-order valence-corrected chi connectivity index (χ3v) is 2.81. The van der Waals surface area contributed by atoms with Crippen LogP contribution in [0.15, 0.2) is 18.2 Å². The fourth-order valence-electron chi connectivity index (χ4n) is 1.58. The van der Waals surface area contributed by atoms with E-state index in [1.165, 1.54) is 12.1 Å². The summed E-state index contributed by atoms with van der Waals surface area (Å²) >= 11 is 5.70. The molecule has 0 bridgehead atoms. The number of hydrogen-bond donors (Lipinski definition) is 2. The Kier molecular flexibility index (Phi) is 5.29. The zero-order valence-corrected chi connectivity index (χ0v) is 10.9. The van der Waals surface area contributed by atoms with Crippen LogP contribution in [0.1, 0.15) is 43.5 Å². The number of benzene rings is 1. The van der Waals surface area contributed by atoms with Crippen molar-refractivity contribution in [3.8, 4) is 5.75 Å². The first-order valence-electron chi connectivity index (χ1n) is 5.84. The summed E-state index contributed by atoms with van der Waals surface area (Å²) in [5.41, 5.74) is 0.262. The smallest absolute Gasteiger partial charge is 0.255 e. The number of unbranched alkanes of at least 4 members (excludes halogenated alkanes) is 1. The second-order valence-corrected chi connectivity index (χ2v) is 4.61. The first-order valence-corrected chi connectivity index (χ1v) is 6.21. The molecule has 0 saturated carbocycles. The highest BCUT2D eigenvalue weighted by molar-refractivity contribution is 6.30. The van der Waals surface area contributed by atoms with Gasteiger partial charge >= 0.3 is 0 Å². The van der Waals surface area contributed by atoms with E-state index in [1.807, 2.05) is 6.92 Å². The highest BCUT2D eigenvalue weighted by Gasteiger charge is 2.13. The van der Waals surface area contributed by atoms with Gasteiger partial charge in [-0.2, -0.15) is 0 Å². The number of amides is 1.